The van der Waals surface area contributed by atoms with Crippen LogP contribution in [-0.2, 0) is 9.53 Å². The fourth-order valence-corrected chi connectivity index (χ4v) is 1.28. The van der Waals surface area contributed by atoms with Gasteiger partial charge in [-0.15, -0.1) is 0 Å². The van der Waals surface area contributed by atoms with Crippen LogP contribution in [0.25, 0.3) is 0 Å². The summed E-state index contributed by atoms with van der Waals surface area (Å²) in [7, 11) is 1.24. The molecule has 0 bridgehead atoms. The molecule has 0 heterocycles. The highest BCUT2D eigenvalue weighted by Crippen LogP contribution is 2.23. The van der Waals surface area contributed by atoms with Crippen molar-refractivity contribution in [1.82, 2.24) is 0 Å². The SMILES string of the molecule is COC(=O)CC(C)Oc1ccc([N+](=O)[O-])cc1F. The summed E-state index contributed by atoms with van der Waals surface area (Å²) < 4.78 is 23.0. The van der Waals surface area contributed by atoms with Gasteiger partial charge in [-0.3, -0.25) is 14.9 Å². The predicted molar refractivity (Wildman–Crippen MR) is 59.8 cm³/mol. The van der Waals surface area contributed by atoms with Gasteiger partial charge in [0.2, 0.25) is 0 Å². The number of ether oxygens (including phenoxy) is 2. The van der Waals surface area contributed by atoms with E-state index in [-0.39, 0.29) is 17.9 Å². The number of esters is 1. The van der Waals surface area contributed by atoms with E-state index in [9.17, 15) is 19.3 Å². The van der Waals surface area contributed by atoms with Crippen LogP contribution < -0.4 is 4.74 Å². The second kappa shape index (κ2) is 5.95. The lowest BCUT2D eigenvalue weighted by Crippen LogP contribution is -2.18. The van der Waals surface area contributed by atoms with E-state index in [1.54, 1.807) is 6.92 Å². The monoisotopic (exact) mass is 257 g/mol. The molecule has 1 unspecified atom stereocenters. The molecule has 0 saturated carbocycles. The van der Waals surface area contributed by atoms with Crippen LogP contribution in [-0.4, -0.2) is 24.1 Å². The molecule has 18 heavy (non-hydrogen) atoms. The van der Waals surface area contributed by atoms with E-state index in [1.165, 1.54) is 7.11 Å². The standard InChI is InChI=1S/C11H12FNO5/c1-7(5-11(14)17-2)18-10-4-3-8(13(15)16)6-9(10)12/h3-4,6-7H,5H2,1-2H3. The molecule has 1 atom stereocenters. The maximum atomic E-state index is 13.4. The largest absolute Gasteiger partial charge is 0.487 e. The first-order valence-electron chi connectivity index (χ1n) is 5.11. The summed E-state index contributed by atoms with van der Waals surface area (Å²) in [4.78, 5) is 20.7. The van der Waals surface area contributed by atoms with Crippen LogP contribution in [0.5, 0.6) is 5.75 Å². The fraction of sp³-hybridized carbons (Fsp3) is 0.364. The average Bonchev–Trinajstić information content (AvgIpc) is 2.31. The number of rotatable bonds is 5. The summed E-state index contributed by atoms with van der Waals surface area (Å²) in [5.74, 6) is -1.47. The van der Waals surface area contributed by atoms with Crippen LogP contribution in [0.4, 0.5) is 10.1 Å². The molecule has 0 aromatic heterocycles. The molecule has 0 amide bonds. The molecule has 6 nitrogen and oxygen atoms in total. The van der Waals surface area contributed by atoms with E-state index in [0.717, 1.165) is 18.2 Å². The Morgan fingerprint density at radius 3 is 2.72 bits per heavy atom. The van der Waals surface area contributed by atoms with Crippen LogP contribution >= 0.6 is 0 Å². The Balaban J connectivity index is 2.73. The minimum absolute atomic E-state index is 0.0348. The third-order valence-corrected chi connectivity index (χ3v) is 2.14. The Hall–Kier alpha value is -2.18. The normalized spacial score (nSPS) is 11.7. The zero-order valence-corrected chi connectivity index (χ0v) is 9.88. The fourth-order valence-electron chi connectivity index (χ4n) is 1.28. The van der Waals surface area contributed by atoms with Crippen LogP contribution in [0.3, 0.4) is 0 Å². The molecule has 0 radical (unpaired) electrons. The molecule has 98 valence electrons. The van der Waals surface area contributed by atoms with Crippen molar-refractivity contribution in [2.75, 3.05) is 7.11 Å². The number of nitrogens with zero attached hydrogens (tertiary/aromatic N) is 1. The van der Waals surface area contributed by atoms with Crippen LogP contribution in [0.2, 0.25) is 0 Å². The molecular weight excluding hydrogens is 245 g/mol. The Bertz CT molecular complexity index is 463. The first-order chi connectivity index (χ1) is 8.43. The minimum Gasteiger partial charge on any atom is -0.487 e. The quantitative estimate of drug-likeness (QED) is 0.458. The molecule has 0 saturated heterocycles. The van der Waals surface area contributed by atoms with Crippen molar-refractivity contribution >= 4 is 11.7 Å². The minimum atomic E-state index is -0.846. The molecule has 0 N–H and O–H groups in total. The number of nitro benzene ring substituents is 1. The number of carbonyl (C=O) groups excluding carboxylic acids is 1. The zero-order chi connectivity index (χ0) is 13.7. The van der Waals surface area contributed by atoms with Crippen LogP contribution in [0.1, 0.15) is 13.3 Å². The first-order valence-corrected chi connectivity index (χ1v) is 5.11. The maximum Gasteiger partial charge on any atom is 0.309 e. The topological polar surface area (TPSA) is 78.7 Å². The van der Waals surface area contributed by atoms with E-state index in [1.807, 2.05) is 0 Å². The van der Waals surface area contributed by atoms with E-state index in [4.69, 9.17) is 4.74 Å². The summed E-state index contributed by atoms with van der Waals surface area (Å²) in [6, 6.07) is 3.05. The van der Waals surface area contributed by atoms with Gasteiger partial charge in [-0.25, -0.2) is 4.39 Å². The van der Waals surface area contributed by atoms with E-state index in [2.05, 4.69) is 4.74 Å². The molecule has 1 aromatic carbocycles. The summed E-state index contributed by atoms with van der Waals surface area (Å²) in [6.07, 6.45) is -0.624. The second-order valence-electron chi connectivity index (χ2n) is 3.58. The van der Waals surface area contributed by atoms with Crippen molar-refractivity contribution in [1.29, 1.82) is 0 Å². The van der Waals surface area contributed by atoms with Crippen molar-refractivity contribution in [3.8, 4) is 5.75 Å². The number of methoxy groups -OCH3 is 1. The number of carbonyl (C=O) groups is 1. The van der Waals surface area contributed by atoms with Crippen molar-refractivity contribution in [2.45, 2.75) is 19.4 Å². The van der Waals surface area contributed by atoms with Gasteiger partial charge in [0.15, 0.2) is 11.6 Å². The van der Waals surface area contributed by atoms with Gasteiger partial charge >= 0.3 is 5.97 Å². The van der Waals surface area contributed by atoms with Gasteiger partial charge in [0.05, 0.1) is 24.5 Å². The van der Waals surface area contributed by atoms with Gasteiger partial charge in [-0.2, -0.15) is 0 Å². The number of halogens is 1. The molecule has 0 aliphatic carbocycles. The van der Waals surface area contributed by atoms with Crippen LogP contribution in [0, 0.1) is 15.9 Å². The van der Waals surface area contributed by atoms with Gasteiger partial charge < -0.3 is 9.47 Å². The van der Waals surface area contributed by atoms with Gasteiger partial charge in [0.25, 0.3) is 5.69 Å². The molecule has 1 aromatic rings. The number of benzene rings is 1. The third-order valence-electron chi connectivity index (χ3n) is 2.14. The Morgan fingerprint density at radius 2 is 2.22 bits per heavy atom. The van der Waals surface area contributed by atoms with Gasteiger partial charge in [0.1, 0.15) is 6.10 Å². The summed E-state index contributed by atoms with van der Waals surface area (Å²) in [5, 5.41) is 10.4. The van der Waals surface area contributed by atoms with E-state index < -0.39 is 22.8 Å². The number of hydrogen-bond acceptors (Lipinski definition) is 5. The molecule has 0 spiro atoms. The lowest BCUT2D eigenvalue weighted by atomic mass is 10.2. The highest BCUT2D eigenvalue weighted by atomic mass is 19.1. The molecule has 0 fully saturated rings. The second-order valence-corrected chi connectivity index (χ2v) is 3.58. The van der Waals surface area contributed by atoms with Crippen LogP contribution in [0.15, 0.2) is 18.2 Å². The third kappa shape index (κ3) is 3.69. The van der Waals surface area contributed by atoms with Crippen molar-refractivity contribution < 1.29 is 23.6 Å². The average molecular weight is 257 g/mol. The van der Waals surface area contributed by atoms with Gasteiger partial charge in [-0.05, 0) is 13.0 Å². The summed E-state index contributed by atoms with van der Waals surface area (Å²) >= 11 is 0. The lowest BCUT2D eigenvalue weighted by molar-refractivity contribution is -0.385. The zero-order valence-electron chi connectivity index (χ0n) is 9.88. The number of nitro groups is 1. The Labute approximate surface area is 102 Å². The molecule has 1 rings (SSSR count). The highest BCUT2D eigenvalue weighted by Gasteiger charge is 2.15. The highest BCUT2D eigenvalue weighted by molar-refractivity contribution is 5.69. The lowest BCUT2D eigenvalue weighted by Gasteiger charge is -2.13. The molecular formula is C11H12FNO5. The van der Waals surface area contributed by atoms with Crippen molar-refractivity contribution in [3.63, 3.8) is 0 Å². The van der Waals surface area contributed by atoms with Gasteiger partial charge in [0, 0.05) is 6.07 Å². The molecule has 7 heteroatoms. The Kier molecular flexibility index (Phi) is 4.59. The smallest absolute Gasteiger partial charge is 0.309 e. The Morgan fingerprint density at radius 1 is 1.56 bits per heavy atom. The maximum absolute atomic E-state index is 13.4. The van der Waals surface area contributed by atoms with Crippen molar-refractivity contribution in [2.24, 2.45) is 0 Å². The summed E-state index contributed by atoms with van der Waals surface area (Å²) in [5.41, 5.74) is -0.361. The first kappa shape index (κ1) is 13.9. The number of hydrogen-bond donors (Lipinski definition) is 0. The van der Waals surface area contributed by atoms with Crippen molar-refractivity contribution in [3.05, 3.63) is 34.1 Å². The molecule has 0 aliphatic heterocycles. The van der Waals surface area contributed by atoms with E-state index in [0.29, 0.717) is 0 Å². The van der Waals surface area contributed by atoms with Gasteiger partial charge in [-0.1, -0.05) is 0 Å². The summed E-state index contributed by atoms with van der Waals surface area (Å²) in [6.45, 7) is 1.57. The van der Waals surface area contributed by atoms with E-state index >= 15 is 0 Å². The number of non-ortho nitro benzene ring substituents is 1. The predicted octanol–water partition coefficient (Wildman–Crippen LogP) is 2.06. The molecule has 0 aliphatic rings.